The molecule has 0 saturated carbocycles. The first kappa shape index (κ1) is 11.2. The number of nitrogens with zero attached hydrogens (tertiary/aromatic N) is 2. The number of amides is 1. The number of nitrogens with two attached hydrogens (primary N) is 1. The lowest BCUT2D eigenvalue weighted by atomic mass is 10.1. The van der Waals surface area contributed by atoms with E-state index < -0.39 is 0 Å². The predicted molar refractivity (Wildman–Crippen MR) is 72.7 cm³/mol. The lowest BCUT2D eigenvalue weighted by Gasteiger charge is -2.08. The standard InChI is InChI=1S/C13H11N5O/c14-10-3-4-11(9-2-1-5-15-12(9)10)18-13(19)8-6-16-17-7-8/h1-7H,14H2,(H,16,17)(H,18,19). The lowest BCUT2D eigenvalue weighted by molar-refractivity contribution is 0.102. The van der Waals surface area contributed by atoms with Gasteiger partial charge in [-0.2, -0.15) is 5.10 Å². The van der Waals surface area contributed by atoms with E-state index in [0.29, 0.717) is 22.5 Å². The van der Waals surface area contributed by atoms with E-state index in [1.165, 1.54) is 12.4 Å². The topological polar surface area (TPSA) is 96.7 Å². The third kappa shape index (κ3) is 1.99. The third-order valence-electron chi connectivity index (χ3n) is 2.81. The molecule has 3 aromatic rings. The Balaban J connectivity index is 2.02. The second-order valence-electron chi connectivity index (χ2n) is 4.04. The molecule has 6 heteroatoms. The van der Waals surface area contributed by atoms with E-state index in [4.69, 9.17) is 5.73 Å². The maximum Gasteiger partial charge on any atom is 0.258 e. The van der Waals surface area contributed by atoms with Gasteiger partial charge >= 0.3 is 0 Å². The number of carbonyl (C=O) groups excluding carboxylic acids is 1. The van der Waals surface area contributed by atoms with E-state index in [-0.39, 0.29) is 5.91 Å². The first-order valence-corrected chi connectivity index (χ1v) is 5.69. The molecule has 0 atom stereocenters. The zero-order valence-electron chi connectivity index (χ0n) is 9.92. The van der Waals surface area contributed by atoms with Crippen molar-refractivity contribution in [2.75, 3.05) is 11.1 Å². The molecule has 4 N–H and O–H groups in total. The van der Waals surface area contributed by atoms with E-state index >= 15 is 0 Å². The van der Waals surface area contributed by atoms with Gasteiger partial charge in [-0.05, 0) is 24.3 Å². The number of rotatable bonds is 2. The monoisotopic (exact) mass is 253 g/mol. The minimum absolute atomic E-state index is 0.233. The van der Waals surface area contributed by atoms with Crippen LogP contribution < -0.4 is 11.1 Å². The highest BCUT2D eigenvalue weighted by molar-refractivity contribution is 6.09. The van der Waals surface area contributed by atoms with Crippen molar-refractivity contribution in [1.29, 1.82) is 0 Å². The highest BCUT2D eigenvalue weighted by atomic mass is 16.1. The highest BCUT2D eigenvalue weighted by Crippen LogP contribution is 2.26. The molecule has 2 aromatic heterocycles. The summed E-state index contributed by atoms with van der Waals surface area (Å²) in [5, 5.41) is 9.97. The molecule has 0 fully saturated rings. The fourth-order valence-electron chi connectivity index (χ4n) is 1.87. The van der Waals surface area contributed by atoms with Crippen molar-refractivity contribution < 1.29 is 4.79 Å². The number of pyridine rings is 1. The van der Waals surface area contributed by atoms with Gasteiger partial charge in [0.05, 0.1) is 28.7 Å². The number of aromatic amines is 1. The molecule has 1 aromatic carbocycles. The Kier molecular flexibility index (Phi) is 2.60. The van der Waals surface area contributed by atoms with Crippen LogP contribution in [0.5, 0.6) is 0 Å². The van der Waals surface area contributed by atoms with Crippen molar-refractivity contribution >= 4 is 28.2 Å². The maximum atomic E-state index is 12.0. The number of anilines is 2. The zero-order chi connectivity index (χ0) is 13.2. The molecule has 1 amide bonds. The molecule has 0 spiro atoms. The Morgan fingerprint density at radius 1 is 1.32 bits per heavy atom. The van der Waals surface area contributed by atoms with Gasteiger partial charge in [-0.3, -0.25) is 14.9 Å². The number of aromatic nitrogens is 3. The summed E-state index contributed by atoms with van der Waals surface area (Å²) in [7, 11) is 0. The lowest BCUT2D eigenvalue weighted by Crippen LogP contribution is -2.11. The number of hydrogen-bond donors (Lipinski definition) is 3. The van der Waals surface area contributed by atoms with Gasteiger partial charge in [-0.1, -0.05) is 0 Å². The third-order valence-corrected chi connectivity index (χ3v) is 2.81. The smallest absolute Gasteiger partial charge is 0.258 e. The molecule has 94 valence electrons. The Labute approximate surface area is 108 Å². The van der Waals surface area contributed by atoms with E-state index in [9.17, 15) is 4.79 Å². The molecular formula is C13H11N5O. The Hall–Kier alpha value is -2.89. The molecule has 0 bridgehead atoms. The van der Waals surface area contributed by atoms with Gasteiger partial charge in [-0.15, -0.1) is 0 Å². The van der Waals surface area contributed by atoms with Crippen LogP contribution >= 0.6 is 0 Å². The van der Waals surface area contributed by atoms with Gasteiger partial charge < -0.3 is 11.1 Å². The molecule has 0 saturated heterocycles. The summed E-state index contributed by atoms with van der Waals surface area (Å²) in [5.74, 6) is -0.233. The van der Waals surface area contributed by atoms with Crippen molar-refractivity contribution in [3.8, 4) is 0 Å². The molecule has 6 nitrogen and oxygen atoms in total. The Morgan fingerprint density at radius 2 is 2.21 bits per heavy atom. The maximum absolute atomic E-state index is 12.0. The molecule has 0 aliphatic heterocycles. The van der Waals surface area contributed by atoms with Crippen molar-refractivity contribution in [2.45, 2.75) is 0 Å². The highest BCUT2D eigenvalue weighted by Gasteiger charge is 2.10. The number of hydrogen-bond acceptors (Lipinski definition) is 4. The minimum atomic E-state index is -0.233. The normalized spacial score (nSPS) is 10.5. The molecule has 0 aliphatic rings. The summed E-state index contributed by atoms with van der Waals surface area (Å²) in [6.07, 6.45) is 4.67. The van der Waals surface area contributed by atoms with Crippen molar-refractivity contribution in [2.24, 2.45) is 0 Å². The summed E-state index contributed by atoms with van der Waals surface area (Å²) < 4.78 is 0. The molecule has 0 aliphatic carbocycles. The van der Waals surface area contributed by atoms with Crippen molar-refractivity contribution in [3.05, 3.63) is 48.4 Å². The molecule has 2 heterocycles. The average Bonchev–Trinajstić information content (AvgIpc) is 2.96. The molecule has 19 heavy (non-hydrogen) atoms. The predicted octanol–water partition coefficient (Wildman–Crippen LogP) is 1.79. The summed E-state index contributed by atoms with van der Waals surface area (Å²) in [4.78, 5) is 16.2. The van der Waals surface area contributed by atoms with Crippen LogP contribution in [0, 0.1) is 0 Å². The first-order valence-electron chi connectivity index (χ1n) is 5.69. The van der Waals surface area contributed by atoms with Crippen molar-refractivity contribution in [3.63, 3.8) is 0 Å². The van der Waals surface area contributed by atoms with E-state index in [2.05, 4.69) is 20.5 Å². The molecule has 0 unspecified atom stereocenters. The quantitative estimate of drug-likeness (QED) is 0.606. The van der Waals surface area contributed by atoms with Gasteiger partial charge in [0.25, 0.3) is 5.91 Å². The average molecular weight is 253 g/mol. The van der Waals surface area contributed by atoms with Crippen molar-refractivity contribution in [1.82, 2.24) is 15.2 Å². The van der Waals surface area contributed by atoms with Gasteiger partial charge in [-0.25, -0.2) is 0 Å². The summed E-state index contributed by atoms with van der Waals surface area (Å²) in [6.45, 7) is 0. The molecule has 0 radical (unpaired) electrons. The fourth-order valence-corrected chi connectivity index (χ4v) is 1.87. The summed E-state index contributed by atoms with van der Waals surface area (Å²) >= 11 is 0. The number of carbonyl (C=O) groups is 1. The van der Waals surface area contributed by atoms with E-state index in [1.54, 1.807) is 24.4 Å². The number of nitrogen functional groups attached to an aromatic ring is 1. The Morgan fingerprint density at radius 3 is 3.00 bits per heavy atom. The van der Waals surface area contributed by atoms with Gasteiger partial charge in [0, 0.05) is 17.8 Å². The van der Waals surface area contributed by atoms with Gasteiger partial charge in [0.15, 0.2) is 0 Å². The van der Waals surface area contributed by atoms with Gasteiger partial charge in [0.2, 0.25) is 0 Å². The van der Waals surface area contributed by atoms with Crippen LogP contribution in [-0.2, 0) is 0 Å². The SMILES string of the molecule is Nc1ccc(NC(=O)c2cn[nH]c2)c2cccnc12. The van der Waals surface area contributed by atoms with Crippen LogP contribution in [0.15, 0.2) is 42.9 Å². The van der Waals surface area contributed by atoms with Crippen LogP contribution in [-0.4, -0.2) is 21.1 Å². The van der Waals surface area contributed by atoms with Crippen LogP contribution in [0.4, 0.5) is 11.4 Å². The zero-order valence-corrected chi connectivity index (χ0v) is 9.92. The minimum Gasteiger partial charge on any atom is -0.397 e. The molecule has 3 rings (SSSR count). The van der Waals surface area contributed by atoms with E-state index in [1.807, 2.05) is 6.07 Å². The first-order chi connectivity index (χ1) is 9.25. The second-order valence-corrected chi connectivity index (χ2v) is 4.04. The number of nitrogens with one attached hydrogen (secondary N) is 2. The largest absolute Gasteiger partial charge is 0.397 e. The van der Waals surface area contributed by atoms with Crippen LogP contribution in [0.25, 0.3) is 10.9 Å². The van der Waals surface area contributed by atoms with Crippen LogP contribution in [0.1, 0.15) is 10.4 Å². The number of fused-ring (bicyclic) bond motifs is 1. The number of benzene rings is 1. The Bertz CT molecular complexity index is 736. The fraction of sp³-hybridized carbons (Fsp3) is 0. The summed E-state index contributed by atoms with van der Waals surface area (Å²) in [6, 6.07) is 7.15. The number of H-pyrrole nitrogens is 1. The van der Waals surface area contributed by atoms with Crippen LogP contribution in [0.2, 0.25) is 0 Å². The van der Waals surface area contributed by atoms with Crippen LogP contribution in [0.3, 0.4) is 0 Å². The molecular weight excluding hydrogens is 242 g/mol. The van der Waals surface area contributed by atoms with E-state index in [0.717, 1.165) is 5.39 Å². The van der Waals surface area contributed by atoms with Gasteiger partial charge in [0.1, 0.15) is 0 Å². The second kappa shape index (κ2) is 4.41. The summed E-state index contributed by atoms with van der Waals surface area (Å²) in [5.41, 5.74) is 8.25.